The molecule has 0 saturated carbocycles. The van der Waals surface area contributed by atoms with E-state index in [0.29, 0.717) is 12.0 Å². The van der Waals surface area contributed by atoms with E-state index in [-0.39, 0.29) is 22.4 Å². The van der Waals surface area contributed by atoms with Gasteiger partial charge in [0.1, 0.15) is 5.82 Å². The fourth-order valence-corrected chi connectivity index (χ4v) is 4.94. The number of para-hydroxylation sites is 1. The van der Waals surface area contributed by atoms with Gasteiger partial charge in [-0.3, -0.25) is 0 Å². The standard InChI is InChI=1S/C25H23F5N4/c1-16-6-7-21(31-14-16)33-10-8-24(9-11-33)12-17(13-24)22-18(23(26)27)15-32-34(22)20-5-3-2-4-19(20)25(28,29)30/h2-7,12,14-15,23H,8-11,13H2,1H3. The first-order valence-electron chi connectivity index (χ1n) is 11.1. The number of hydrogen-bond acceptors (Lipinski definition) is 3. The first kappa shape index (κ1) is 22.6. The second kappa shape index (κ2) is 8.21. The number of aromatic nitrogens is 3. The van der Waals surface area contributed by atoms with Gasteiger partial charge in [-0.15, -0.1) is 0 Å². The summed E-state index contributed by atoms with van der Waals surface area (Å²) in [5, 5.41) is 3.96. The van der Waals surface area contributed by atoms with Gasteiger partial charge in [-0.05, 0) is 60.9 Å². The highest BCUT2D eigenvalue weighted by Gasteiger charge is 2.43. The molecule has 1 saturated heterocycles. The number of rotatable bonds is 4. The van der Waals surface area contributed by atoms with Crippen molar-refractivity contribution in [2.75, 3.05) is 18.0 Å². The van der Waals surface area contributed by atoms with Crippen molar-refractivity contribution in [3.8, 4) is 5.69 Å². The van der Waals surface area contributed by atoms with Crippen LogP contribution in [0.15, 0.2) is 54.9 Å². The van der Waals surface area contributed by atoms with Gasteiger partial charge in [-0.2, -0.15) is 18.3 Å². The minimum atomic E-state index is -4.63. The van der Waals surface area contributed by atoms with E-state index in [4.69, 9.17) is 0 Å². The van der Waals surface area contributed by atoms with Gasteiger partial charge in [0.2, 0.25) is 0 Å². The smallest absolute Gasteiger partial charge is 0.357 e. The van der Waals surface area contributed by atoms with Crippen LogP contribution in [0.2, 0.25) is 0 Å². The maximum Gasteiger partial charge on any atom is 0.418 e. The summed E-state index contributed by atoms with van der Waals surface area (Å²) in [4.78, 5) is 6.68. The fourth-order valence-electron chi connectivity index (χ4n) is 4.94. The third kappa shape index (κ3) is 3.97. The van der Waals surface area contributed by atoms with Crippen LogP contribution in [0.5, 0.6) is 0 Å². The number of aryl methyl sites for hydroxylation is 1. The molecule has 9 heteroatoms. The lowest BCUT2D eigenvalue weighted by molar-refractivity contribution is -0.137. The zero-order valence-electron chi connectivity index (χ0n) is 18.5. The summed E-state index contributed by atoms with van der Waals surface area (Å²) in [6.07, 6.45) is -0.528. The lowest BCUT2D eigenvalue weighted by atomic mass is 9.64. The maximum atomic E-state index is 13.8. The molecule has 34 heavy (non-hydrogen) atoms. The zero-order valence-corrected chi connectivity index (χ0v) is 18.5. The van der Waals surface area contributed by atoms with Gasteiger partial charge in [-0.1, -0.05) is 24.3 Å². The van der Waals surface area contributed by atoms with Crippen LogP contribution in [-0.2, 0) is 6.18 Å². The predicted octanol–water partition coefficient (Wildman–Crippen LogP) is 6.61. The molecule has 0 amide bonds. The van der Waals surface area contributed by atoms with E-state index < -0.39 is 18.2 Å². The molecule has 3 aromatic rings. The molecular weight excluding hydrogens is 451 g/mol. The van der Waals surface area contributed by atoms with E-state index in [2.05, 4.69) is 15.0 Å². The second-order valence-corrected chi connectivity index (χ2v) is 9.07. The topological polar surface area (TPSA) is 34.0 Å². The number of nitrogens with zero attached hydrogens (tertiary/aromatic N) is 4. The van der Waals surface area contributed by atoms with Gasteiger partial charge in [0.15, 0.2) is 0 Å². The van der Waals surface area contributed by atoms with E-state index in [1.54, 1.807) is 0 Å². The molecule has 1 aliphatic carbocycles. The van der Waals surface area contributed by atoms with Crippen LogP contribution in [0.4, 0.5) is 27.8 Å². The third-order valence-electron chi connectivity index (χ3n) is 6.78. The zero-order chi connectivity index (χ0) is 24.1. The molecular formula is C25H23F5N4. The first-order valence-corrected chi connectivity index (χ1v) is 11.1. The van der Waals surface area contributed by atoms with Crippen LogP contribution in [0.3, 0.4) is 0 Å². The van der Waals surface area contributed by atoms with Gasteiger partial charge in [0, 0.05) is 19.3 Å². The molecule has 0 atom stereocenters. The number of pyridine rings is 1. The largest absolute Gasteiger partial charge is 0.418 e. The lowest BCUT2D eigenvalue weighted by Gasteiger charge is -2.46. The van der Waals surface area contributed by atoms with Gasteiger partial charge >= 0.3 is 6.18 Å². The molecule has 1 aliphatic heterocycles. The normalized spacial score (nSPS) is 17.7. The summed E-state index contributed by atoms with van der Waals surface area (Å²) in [7, 11) is 0. The van der Waals surface area contributed by atoms with Crippen molar-refractivity contribution < 1.29 is 22.0 Å². The molecule has 0 unspecified atom stereocenters. The molecule has 1 aromatic carbocycles. The van der Waals surface area contributed by atoms with Crippen molar-refractivity contribution >= 4 is 11.4 Å². The number of halogens is 5. The Morgan fingerprint density at radius 3 is 2.32 bits per heavy atom. The Bertz CT molecular complexity index is 1220. The minimum absolute atomic E-state index is 0.0694. The summed E-state index contributed by atoms with van der Waals surface area (Å²) < 4.78 is 69.4. The summed E-state index contributed by atoms with van der Waals surface area (Å²) >= 11 is 0. The number of allylic oxidation sites excluding steroid dienone is 2. The highest BCUT2D eigenvalue weighted by molar-refractivity contribution is 5.74. The molecule has 3 heterocycles. The highest BCUT2D eigenvalue weighted by atomic mass is 19.4. The number of benzene rings is 1. The second-order valence-electron chi connectivity index (χ2n) is 9.07. The summed E-state index contributed by atoms with van der Waals surface area (Å²) in [5.41, 5.74) is 0.121. The van der Waals surface area contributed by atoms with Crippen LogP contribution in [0.1, 0.15) is 48.1 Å². The summed E-state index contributed by atoms with van der Waals surface area (Å²) in [6.45, 7) is 3.53. The molecule has 1 fully saturated rings. The van der Waals surface area contributed by atoms with Crippen molar-refractivity contribution in [3.63, 3.8) is 0 Å². The Morgan fingerprint density at radius 1 is 1.00 bits per heavy atom. The monoisotopic (exact) mass is 474 g/mol. The summed E-state index contributed by atoms with van der Waals surface area (Å²) in [6, 6.07) is 8.92. The minimum Gasteiger partial charge on any atom is -0.357 e. The van der Waals surface area contributed by atoms with Gasteiger partial charge in [0.25, 0.3) is 6.43 Å². The Balaban J connectivity index is 1.44. The van der Waals surface area contributed by atoms with E-state index >= 15 is 0 Å². The number of piperidine rings is 1. The van der Waals surface area contributed by atoms with Crippen molar-refractivity contribution in [1.82, 2.24) is 14.8 Å². The molecule has 2 aromatic heterocycles. The molecule has 0 bridgehead atoms. The molecule has 0 N–H and O–H groups in total. The Kier molecular flexibility index (Phi) is 5.45. The Labute approximate surface area is 193 Å². The van der Waals surface area contributed by atoms with Gasteiger partial charge < -0.3 is 4.90 Å². The Hall–Kier alpha value is -3.23. The van der Waals surface area contributed by atoms with E-state index in [1.807, 2.05) is 31.3 Å². The Morgan fingerprint density at radius 2 is 1.71 bits per heavy atom. The van der Waals surface area contributed by atoms with Crippen molar-refractivity contribution in [1.29, 1.82) is 0 Å². The molecule has 178 valence electrons. The van der Waals surface area contributed by atoms with Gasteiger partial charge in [-0.25, -0.2) is 18.4 Å². The first-order chi connectivity index (χ1) is 16.2. The SMILES string of the molecule is Cc1ccc(N2CCC3(C=C(c4c(C(F)F)cnn4-c4ccccc4C(F)(F)F)C3)CC2)nc1. The van der Waals surface area contributed by atoms with Crippen LogP contribution in [-0.4, -0.2) is 27.9 Å². The number of anilines is 1. The molecule has 2 aliphatic rings. The van der Waals surface area contributed by atoms with Crippen LogP contribution in [0, 0.1) is 12.3 Å². The number of alkyl halides is 5. The highest BCUT2D eigenvalue weighted by Crippen LogP contribution is 2.52. The van der Waals surface area contributed by atoms with E-state index in [1.165, 1.54) is 18.2 Å². The van der Waals surface area contributed by atoms with Crippen LogP contribution >= 0.6 is 0 Å². The van der Waals surface area contributed by atoms with E-state index in [9.17, 15) is 22.0 Å². The third-order valence-corrected chi connectivity index (χ3v) is 6.78. The average molecular weight is 474 g/mol. The van der Waals surface area contributed by atoms with Crippen molar-refractivity contribution in [2.24, 2.45) is 5.41 Å². The summed E-state index contributed by atoms with van der Waals surface area (Å²) in [5.74, 6) is 0.908. The lowest BCUT2D eigenvalue weighted by Crippen LogP contribution is -2.42. The molecule has 4 nitrogen and oxygen atoms in total. The van der Waals surface area contributed by atoms with Crippen LogP contribution < -0.4 is 4.90 Å². The fraction of sp³-hybridized carbons (Fsp3) is 0.360. The van der Waals surface area contributed by atoms with Crippen molar-refractivity contribution in [3.05, 3.63) is 77.3 Å². The van der Waals surface area contributed by atoms with E-state index in [0.717, 1.165) is 54.3 Å². The molecule has 5 rings (SSSR count). The maximum absolute atomic E-state index is 13.8. The van der Waals surface area contributed by atoms with Gasteiger partial charge in [0.05, 0.1) is 28.7 Å². The molecule has 0 radical (unpaired) electrons. The quantitative estimate of drug-likeness (QED) is 0.399. The average Bonchev–Trinajstić information content (AvgIpc) is 3.22. The predicted molar refractivity (Wildman–Crippen MR) is 119 cm³/mol. The number of hydrogen-bond donors (Lipinski definition) is 0. The van der Waals surface area contributed by atoms with Crippen LogP contribution in [0.25, 0.3) is 11.3 Å². The van der Waals surface area contributed by atoms with Crippen molar-refractivity contribution in [2.45, 2.75) is 38.8 Å². The molecule has 1 spiro atoms.